The van der Waals surface area contributed by atoms with Gasteiger partial charge in [-0.2, -0.15) is 0 Å². The number of rotatable bonds is 5. The Hall–Kier alpha value is -0.0800. The Morgan fingerprint density at radius 1 is 1.24 bits per heavy atom. The summed E-state index contributed by atoms with van der Waals surface area (Å²) < 4.78 is 0. The highest BCUT2D eigenvalue weighted by Gasteiger charge is 2.40. The van der Waals surface area contributed by atoms with Gasteiger partial charge in [0.25, 0.3) is 0 Å². The molecule has 1 saturated carbocycles. The highest BCUT2D eigenvalue weighted by molar-refractivity contribution is 4.97. The van der Waals surface area contributed by atoms with Gasteiger partial charge in [-0.15, -0.1) is 0 Å². The first-order chi connectivity index (χ1) is 8.13. The average Bonchev–Trinajstić information content (AvgIpc) is 3.12. The maximum Gasteiger partial charge on any atom is 0.0252 e. The van der Waals surface area contributed by atoms with E-state index < -0.39 is 0 Å². The van der Waals surface area contributed by atoms with Crippen molar-refractivity contribution in [1.82, 2.24) is 10.2 Å². The molecule has 0 aromatic rings. The van der Waals surface area contributed by atoms with E-state index in [1.807, 2.05) is 0 Å². The number of nitrogens with zero attached hydrogens (tertiary/aromatic N) is 1. The topological polar surface area (TPSA) is 15.3 Å². The minimum Gasteiger partial charge on any atom is -0.311 e. The number of hydrogen-bond acceptors (Lipinski definition) is 2. The average molecular weight is 238 g/mol. The first-order valence-electron chi connectivity index (χ1n) is 7.62. The van der Waals surface area contributed by atoms with E-state index >= 15 is 0 Å². The summed E-state index contributed by atoms with van der Waals surface area (Å²) in [6.45, 7) is 11.9. The van der Waals surface area contributed by atoms with Crippen molar-refractivity contribution < 1.29 is 0 Å². The van der Waals surface area contributed by atoms with Crippen LogP contribution in [0.1, 0.15) is 53.4 Å². The summed E-state index contributed by atoms with van der Waals surface area (Å²) in [5.41, 5.74) is 0. The molecule has 3 atom stereocenters. The molecule has 0 amide bonds. The Morgan fingerprint density at radius 2 is 1.94 bits per heavy atom. The number of piperazine rings is 1. The standard InChI is InChI=1S/C15H30N2/c1-5-6-12(4)17-10-14(11(2)3)16-9-15(17)13-7-8-13/h11-16H,5-10H2,1-4H3. The van der Waals surface area contributed by atoms with Crippen LogP contribution in [0.5, 0.6) is 0 Å². The van der Waals surface area contributed by atoms with Gasteiger partial charge in [0.05, 0.1) is 0 Å². The third-order valence-electron chi connectivity index (χ3n) is 4.67. The highest BCUT2D eigenvalue weighted by Crippen LogP contribution is 2.37. The predicted octanol–water partition coefficient (Wildman–Crippen LogP) is 2.88. The quantitative estimate of drug-likeness (QED) is 0.792. The van der Waals surface area contributed by atoms with Crippen LogP contribution in [0.2, 0.25) is 0 Å². The van der Waals surface area contributed by atoms with E-state index in [-0.39, 0.29) is 0 Å². The molecule has 2 fully saturated rings. The molecule has 0 aromatic heterocycles. The monoisotopic (exact) mass is 238 g/mol. The Bertz CT molecular complexity index is 235. The van der Waals surface area contributed by atoms with Gasteiger partial charge >= 0.3 is 0 Å². The SMILES string of the molecule is CCCC(C)N1CC(C(C)C)NCC1C1CC1. The lowest BCUT2D eigenvalue weighted by Crippen LogP contribution is -2.61. The van der Waals surface area contributed by atoms with E-state index in [1.165, 1.54) is 38.8 Å². The lowest BCUT2D eigenvalue weighted by Gasteiger charge is -2.45. The molecule has 2 rings (SSSR count). The molecule has 1 saturated heterocycles. The molecule has 0 bridgehead atoms. The highest BCUT2D eigenvalue weighted by atomic mass is 15.3. The Kier molecular flexibility index (Phi) is 4.48. The van der Waals surface area contributed by atoms with Crippen molar-refractivity contribution in [2.24, 2.45) is 11.8 Å². The van der Waals surface area contributed by atoms with Gasteiger partial charge in [0.2, 0.25) is 0 Å². The molecule has 0 spiro atoms. The van der Waals surface area contributed by atoms with Crippen LogP contribution in [-0.2, 0) is 0 Å². The van der Waals surface area contributed by atoms with Crippen LogP contribution in [0.4, 0.5) is 0 Å². The zero-order chi connectivity index (χ0) is 12.4. The molecule has 17 heavy (non-hydrogen) atoms. The van der Waals surface area contributed by atoms with Gasteiger partial charge in [0.15, 0.2) is 0 Å². The lowest BCUT2D eigenvalue weighted by molar-refractivity contribution is 0.0606. The van der Waals surface area contributed by atoms with Crippen molar-refractivity contribution in [3.8, 4) is 0 Å². The normalized spacial score (nSPS) is 33.0. The van der Waals surface area contributed by atoms with Crippen LogP contribution in [0, 0.1) is 11.8 Å². The van der Waals surface area contributed by atoms with Gasteiger partial charge in [0.1, 0.15) is 0 Å². The summed E-state index contributed by atoms with van der Waals surface area (Å²) in [5, 5.41) is 3.78. The van der Waals surface area contributed by atoms with Crippen molar-refractivity contribution in [3.05, 3.63) is 0 Å². The molecule has 1 aliphatic carbocycles. The van der Waals surface area contributed by atoms with Gasteiger partial charge in [0, 0.05) is 31.2 Å². The zero-order valence-electron chi connectivity index (χ0n) is 12.1. The summed E-state index contributed by atoms with van der Waals surface area (Å²) in [4.78, 5) is 2.82. The van der Waals surface area contributed by atoms with Crippen molar-refractivity contribution in [1.29, 1.82) is 0 Å². The van der Waals surface area contributed by atoms with Crippen LogP contribution >= 0.6 is 0 Å². The van der Waals surface area contributed by atoms with Crippen molar-refractivity contribution in [3.63, 3.8) is 0 Å². The van der Waals surface area contributed by atoms with Crippen LogP contribution in [0.15, 0.2) is 0 Å². The third kappa shape index (κ3) is 3.23. The van der Waals surface area contributed by atoms with Crippen molar-refractivity contribution >= 4 is 0 Å². The fraction of sp³-hybridized carbons (Fsp3) is 1.00. The second kappa shape index (κ2) is 5.71. The summed E-state index contributed by atoms with van der Waals surface area (Å²) in [5.74, 6) is 1.75. The van der Waals surface area contributed by atoms with Crippen molar-refractivity contribution in [2.75, 3.05) is 13.1 Å². The molecule has 1 aliphatic heterocycles. The molecular formula is C15H30N2. The smallest absolute Gasteiger partial charge is 0.0252 e. The van der Waals surface area contributed by atoms with Crippen LogP contribution in [0.25, 0.3) is 0 Å². The second-order valence-corrected chi connectivity index (χ2v) is 6.50. The number of nitrogens with one attached hydrogen (secondary N) is 1. The molecule has 0 aromatic carbocycles. The van der Waals surface area contributed by atoms with E-state index in [1.54, 1.807) is 0 Å². The van der Waals surface area contributed by atoms with E-state index in [0.29, 0.717) is 6.04 Å². The molecule has 0 radical (unpaired) electrons. The summed E-state index contributed by atoms with van der Waals surface area (Å²) in [7, 11) is 0. The van der Waals surface area contributed by atoms with Gasteiger partial charge < -0.3 is 5.32 Å². The molecule has 3 unspecified atom stereocenters. The van der Waals surface area contributed by atoms with E-state index in [4.69, 9.17) is 0 Å². The van der Waals surface area contributed by atoms with Crippen LogP contribution < -0.4 is 5.32 Å². The summed E-state index contributed by atoms with van der Waals surface area (Å²) in [6, 6.07) is 2.30. The van der Waals surface area contributed by atoms with Crippen molar-refractivity contribution in [2.45, 2.75) is 71.5 Å². The minimum atomic E-state index is 0.698. The van der Waals surface area contributed by atoms with Gasteiger partial charge in [-0.25, -0.2) is 0 Å². The summed E-state index contributed by atoms with van der Waals surface area (Å²) >= 11 is 0. The molecule has 2 heteroatoms. The molecule has 1 heterocycles. The molecular weight excluding hydrogens is 208 g/mol. The van der Waals surface area contributed by atoms with Gasteiger partial charge in [-0.1, -0.05) is 27.2 Å². The molecule has 2 nitrogen and oxygen atoms in total. The fourth-order valence-corrected chi connectivity index (χ4v) is 3.27. The largest absolute Gasteiger partial charge is 0.311 e. The summed E-state index contributed by atoms with van der Waals surface area (Å²) in [6.07, 6.45) is 5.60. The van der Waals surface area contributed by atoms with Crippen LogP contribution in [0.3, 0.4) is 0 Å². The Labute approximate surface area is 107 Å². The molecule has 100 valence electrons. The number of hydrogen-bond donors (Lipinski definition) is 1. The van der Waals surface area contributed by atoms with E-state index in [0.717, 1.165) is 23.9 Å². The zero-order valence-corrected chi connectivity index (χ0v) is 12.1. The Morgan fingerprint density at radius 3 is 2.47 bits per heavy atom. The van der Waals surface area contributed by atoms with E-state index in [9.17, 15) is 0 Å². The van der Waals surface area contributed by atoms with E-state index in [2.05, 4.69) is 37.9 Å². The van der Waals surface area contributed by atoms with Gasteiger partial charge in [-0.05, 0) is 38.0 Å². The van der Waals surface area contributed by atoms with Crippen LogP contribution in [-0.4, -0.2) is 36.1 Å². The molecule has 1 N–H and O–H groups in total. The first-order valence-corrected chi connectivity index (χ1v) is 7.62. The minimum absolute atomic E-state index is 0.698. The maximum absolute atomic E-state index is 3.78. The van der Waals surface area contributed by atoms with Gasteiger partial charge in [-0.3, -0.25) is 4.90 Å². The predicted molar refractivity (Wildman–Crippen MR) is 74.2 cm³/mol. The second-order valence-electron chi connectivity index (χ2n) is 6.50. The maximum atomic E-state index is 3.78. The fourth-order valence-electron chi connectivity index (χ4n) is 3.27. The Balaban J connectivity index is 1.98. The lowest BCUT2D eigenvalue weighted by atomic mass is 9.95. The first kappa shape index (κ1) is 13.4. The third-order valence-corrected chi connectivity index (χ3v) is 4.67. The molecule has 2 aliphatic rings.